The van der Waals surface area contributed by atoms with Gasteiger partial charge in [-0.05, 0) is 50.3 Å². The molecule has 2 rings (SSSR count). The third kappa shape index (κ3) is 2.15. The molecule has 1 aromatic rings. The summed E-state index contributed by atoms with van der Waals surface area (Å²) in [5.41, 5.74) is 8.14. The maximum atomic E-state index is 11.1. The van der Waals surface area contributed by atoms with Gasteiger partial charge in [-0.25, -0.2) is 4.79 Å². The molecule has 0 bridgehead atoms. The van der Waals surface area contributed by atoms with E-state index >= 15 is 0 Å². The van der Waals surface area contributed by atoms with Crippen molar-refractivity contribution in [3.63, 3.8) is 0 Å². The number of carboxylic acids is 1. The first kappa shape index (κ1) is 12.7. The van der Waals surface area contributed by atoms with Crippen LogP contribution in [0, 0.1) is 6.92 Å². The van der Waals surface area contributed by atoms with E-state index in [2.05, 4.69) is 12.2 Å². The highest BCUT2D eigenvalue weighted by molar-refractivity contribution is 5.95. The lowest BCUT2D eigenvalue weighted by atomic mass is 9.74. The number of rotatable bonds is 4. The summed E-state index contributed by atoms with van der Waals surface area (Å²) in [4.78, 5) is 11.1. The molecule has 0 amide bonds. The van der Waals surface area contributed by atoms with Crippen molar-refractivity contribution in [1.29, 1.82) is 0 Å². The van der Waals surface area contributed by atoms with Crippen LogP contribution in [0.3, 0.4) is 0 Å². The molecule has 0 aliphatic heterocycles. The van der Waals surface area contributed by atoms with Gasteiger partial charge >= 0.3 is 5.97 Å². The number of carboxylic acid groups (broad SMARTS) is 1. The van der Waals surface area contributed by atoms with Gasteiger partial charge in [-0.3, -0.25) is 0 Å². The summed E-state index contributed by atoms with van der Waals surface area (Å²) in [5, 5.41) is 12.6. The molecule has 98 valence electrons. The molecule has 18 heavy (non-hydrogen) atoms. The number of benzene rings is 1. The maximum Gasteiger partial charge on any atom is 0.337 e. The molecule has 0 aromatic heterocycles. The topological polar surface area (TPSA) is 75.3 Å². The van der Waals surface area contributed by atoms with Crippen LogP contribution >= 0.6 is 0 Å². The third-order valence-electron chi connectivity index (χ3n) is 4.01. The Kier molecular flexibility index (Phi) is 3.20. The molecule has 4 heteroatoms. The molecule has 0 unspecified atom stereocenters. The predicted octanol–water partition coefficient (Wildman–Crippen LogP) is 3.02. The van der Waals surface area contributed by atoms with Crippen molar-refractivity contribution in [3.8, 4) is 0 Å². The molecule has 0 saturated heterocycles. The summed E-state index contributed by atoms with van der Waals surface area (Å²) >= 11 is 0. The van der Waals surface area contributed by atoms with Gasteiger partial charge < -0.3 is 16.2 Å². The van der Waals surface area contributed by atoms with Gasteiger partial charge in [-0.2, -0.15) is 0 Å². The Morgan fingerprint density at radius 3 is 2.61 bits per heavy atom. The van der Waals surface area contributed by atoms with Gasteiger partial charge in [0.2, 0.25) is 0 Å². The number of nitrogens with one attached hydrogen (secondary N) is 1. The van der Waals surface area contributed by atoms with Crippen LogP contribution in [0.25, 0.3) is 0 Å². The molecule has 4 nitrogen and oxygen atoms in total. The van der Waals surface area contributed by atoms with E-state index in [1.54, 1.807) is 6.07 Å². The molecule has 4 N–H and O–H groups in total. The van der Waals surface area contributed by atoms with Crippen LogP contribution in [0.5, 0.6) is 0 Å². The van der Waals surface area contributed by atoms with E-state index in [0.717, 1.165) is 30.5 Å². The molecule has 1 aromatic carbocycles. The number of carbonyl (C=O) groups is 1. The average molecular weight is 248 g/mol. The van der Waals surface area contributed by atoms with Gasteiger partial charge in [0, 0.05) is 16.9 Å². The molecule has 0 atom stereocenters. The lowest BCUT2D eigenvalue weighted by molar-refractivity contribution is 0.0698. The average Bonchev–Trinajstić information content (AvgIpc) is 2.27. The lowest BCUT2D eigenvalue weighted by Crippen LogP contribution is -2.44. The SMILES string of the molecule is CCC1(Nc2cc(C)c(N)c(C(=O)O)c2)CCC1. The van der Waals surface area contributed by atoms with E-state index < -0.39 is 5.97 Å². The highest BCUT2D eigenvalue weighted by Crippen LogP contribution is 2.38. The van der Waals surface area contributed by atoms with E-state index in [4.69, 9.17) is 10.8 Å². The second-order valence-corrected chi connectivity index (χ2v) is 5.17. The zero-order valence-electron chi connectivity index (χ0n) is 10.9. The number of hydrogen-bond acceptors (Lipinski definition) is 3. The third-order valence-corrected chi connectivity index (χ3v) is 4.01. The van der Waals surface area contributed by atoms with Crippen LogP contribution in [0.15, 0.2) is 12.1 Å². The molecule has 1 saturated carbocycles. The molecule has 1 aliphatic rings. The summed E-state index contributed by atoms with van der Waals surface area (Å²) in [5.74, 6) is -0.974. The van der Waals surface area contributed by atoms with E-state index in [1.807, 2.05) is 13.0 Å². The molecule has 0 heterocycles. The Balaban J connectivity index is 2.31. The van der Waals surface area contributed by atoms with E-state index in [1.165, 1.54) is 6.42 Å². The second-order valence-electron chi connectivity index (χ2n) is 5.17. The summed E-state index contributed by atoms with van der Waals surface area (Å²) < 4.78 is 0. The smallest absolute Gasteiger partial charge is 0.337 e. The first-order chi connectivity index (χ1) is 8.47. The first-order valence-electron chi connectivity index (χ1n) is 6.39. The number of nitrogen functional groups attached to an aromatic ring is 1. The fourth-order valence-electron chi connectivity index (χ4n) is 2.52. The van der Waals surface area contributed by atoms with Crippen molar-refractivity contribution in [2.45, 2.75) is 45.1 Å². The molecule has 0 radical (unpaired) electrons. The maximum absolute atomic E-state index is 11.1. The standard InChI is InChI=1S/C14H20N2O2/c1-3-14(5-4-6-14)16-10-7-9(2)12(15)11(8-10)13(17)18/h7-8,16H,3-6,15H2,1-2H3,(H,17,18). The minimum atomic E-state index is -0.974. The predicted molar refractivity (Wildman–Crippen MR) is 73.0 cm³/mol. The Hall–Kier alpha value is -1.71. The van der Waals surface area contributed by atoms with Crippen molar-refractivity contribution >= 4 is 17.3 Å². The fraction of sp³-hybridized carbons (Fsp3) is 0.500. The Morgan fingerprint density at radius 2 is 2.17 bits per heavy atom. The Bertz CT molecular complexity index is 473. The minimum Gasteiger partial charge on any atom is -0.478 e. The van der Waals surface area contributed by atoms with Gasteiger partial charge in [0.05, 0.1) is 5.56 Å². The number of nitrogens with two attached hydrogens (primary N) is 1. The molecular formula is C14H20N2O2. The number of anilines is 2. The zero-order chi connectivity index (χ0) is 13.3. The quantitative estimate of drug-likeness (QED) is 0.716. The highest BCUT2D eigenvalue weighted by Gasteiger charge is 2.35. The van der Waals surface area contributed by atoms with Crippen molar-refractivity contribution in [2.24, 2.45) is 0 Å². The van der Waals surface area contributed by atoms with E-state index in [9.17, 15) is 4.79 Å². The van der Waals surface area contributed by atoms with E-state index in [-0.39, 0.29) is 11.1 Å². The van der Waals surface area contributed by atoms with Gasteiger partial charge in [0.1, 0.15) is 0 Å². The minimum absolute atomic E-state index is 0.151. The van der Waals surface area contributed by atoms with Crippen molar-refractivity contribution in [1.82, 2.24) is 0 Å². The Morgan fingerprint density at radius 1 is 1.50 bits per heavy atom. The number of aryl methyl sites for hydroxylation is 1. The van der Waals surface area contributed by atoms with Gasteiger partial charge in [-0.1, -0.05) is 6.92 Å². The zero-order valence-corrected chi connectivity index (χ0v) is 10.9. The molecule has 1 aliphatic carbocycles. The number of hydrogen-bond donors (Lipinski definition) is 3. The molecule has 0 spiro atoms. The normalized spacial score (nSPS) is 17.0. The molecule has 1 fully saturated rings. The lowest BCUT2D eigenvalue weighted by Gasteiger charge is -2.43. The van der Waals surface area contributed by atoms with Crippen LogP contribution in [-0.4, -0.2) is 16.6 Å². The first-order valence-corrected chi connectivity index (χ1v) is 6.39. The van der Waals surface area contributed by atoms with Crippen molar-refractivity contribution in [3.05, 3.63) is 23.3 Å². The molecular weight excluding hydrogens is 228 g/mol. The van der Waals surface area contributed by atoms with Crippen molar-refractivity contribution < 1.29 is 9.90 Å². The highest BCUT2D eigenvalue weighted by atomic mass is 16.4. The summed E-state index contributed by atoms with van der Waals surface area (Å²) in [6.45, 7) is 4.00. The fourth-order valence-corrected chi connectivity index (χ4v) is 2.52. The monoisotopic (exact) mass is 248 g/mol. The van der Waals surface area contributed by atoms with Crippen LogP contribution in [0.2, 0.25) is 0 Å². The van der Waals surface area contributed by atoms with Gasteiger partial charge in [-0.15, -0.1) is 0 Å². The van der Waals surface area contributed by atoms with Gasteiger partial charge in [0.15, 0.2) is 0 Å². The van der Waals surface area contributed by atoms with Crippen LogP contribution in [0.1, 0.15) is 48.5 Å². The van der Waals surface area contributed by atoms with E-state index in [0.29, 0.717) is 5.69 Å². The van der Waals surface area contributed by atoms with Gasteiger partial charge in [0.25, 0.3) is 0 Å². The summed E-state index contributed by atoms with van der Waals surface area (Å²) in [6, 6.07) is 3.57. The summed E-state index contributed by atoms with van der Waals surface area (Å²) in [6.07, 6.45) is 4.59. The largest absolute Gasteiger partial charge is 0.478 e. The second kappa shape index (κ2) is 4.52. The number of aromatic carboxylic acids is 1. The Labute approximate surface area is 107 Å². The summed E-state index contributed by atoms with van der Waals surface area (Å²) in [7, 11) is 0. The van der Waals surface area contributed by atoms with Crippen molar-refractivity contribution in [2.75, 3.05) is 11.1 Å². The van der Waals surface area contributed by atoms with Crippen LogP contribution in [0.4, 0.5) is 11.4 Å². The van der Waals surface area contributed by atoms with Crippen LogP contribution in [-0.2, 0) is 0 Å². The van der Waals surface area contributed by atoms with Crippen LogP contribution < -0.4 is 11.1 Å².